The fourth-order valence-corrected chi connectivity index (χ4v) is 5.40. The van der Waals surface area contributed by atoms with Gasteiger partial charge in [0, 0.05) is 35.9 Å². The third kappa shape index (κ3) is 3.57. The molecule has 9 rings (SSSR count). The Morgan fingerprint density at radius 3 is 1.39 bits per heavy atom. The third-order valence-electron chi connectivity index (χ3n) is 7.33. The molecule has 0 radical (unpaired) electrons. The van der Waals surface area contributed by atoms with Crippen molar-refractivity contribution in [3.8, 4) is 45.5 Å². The van der Waals surface area contributed by atoms with Gasteiger partial charge in [-0.2, -0.15) is 0 Å². The maximum atomic E-state index is 6.00. The van der Waals surface area contributed by atoms with Gasteiger partial charge in [0.05, 0.1) is 23.8 Å². The van der Waals surface area contributed by atoms with Crippen LogP contribution in [0.4, 0.5) is 0 Å². The monoisotopic (exact) mass is 578 g/mol. The summed E-state index contributed by atoms with van der Waals surface area (Å²) in [5.74, 6) is 3.00. The second-order valence-electron chi connectivity index (χ2n) is 10.2. The minimum atomic E-state index is 0.441. The second-order valence-corrected chi connectivity index (χ2v) is 10.2. The Bertz CT molecular complexity index is 2280. The predicted octanol–water partition coefficient (Wildman–Crippen LogP) is 6.06. The van der Waals surface area contributed by atoms with Gasteiger partial charge >= 0.3 is 0 Å². The van der Waals surface area contributed by atoms with E-state index in [-0.39, 0.29) is 0 Å². The van der Waals surface area contributed by atoms with E-state index in [0.717, 1.165) is 11.1 Å². The van der Waals surface area contributed by atoms with Crippen molar-refractivity contribution >= 4 is 44.1 Å². The lowest BCUT2D eigenvalue weighted by Crippen LogP contribution is -2.06. The zero-order chi connectivity index (χ0) is 29.4. The fraction of sp³-hybridized carbons (Fsp3) is 0.0625. The Balaban J connectivity index is 1.20. The smallest absolute Gasteiger partial charge is 0.199 e. The first kappa shape index (κ1) is 24.3. The Hall–Kier alpha value is -6.30. The highest BCUT2D eigenvalue weighted by atomic mass is 16.6. The van der Waals surface area contributed by atoms with E-state index in [1.165, 1.54) is 12.5 Å². The molecule has 4 aromatic heterocycles. The number of hydrogen-bond donors (Lipinski definition) is 0. The van der Waals surface area contributed by atoms with Crippen molar-refractivity contribution in [1.29, 1.82) is 0 Å². The summed E-state index contributed by atoms with van der Waals surface area (Å²) < 4.78 is 23.9. The number of aromatic nitrogens is 8. The van der Waals surface area contributed by atoms with Gasteiger partial charge in [-0.05, 0) is 19.9 Å². The molecule has 210 valence electrons. The molecule has 0 aliphatic carbocycles. The number of hydrogen-bond acceptors (Lipinski definition) is 12. The molecule has 44 heavy (non-hydrogen) atoms. The summed E-state index contributed by atoms with van der Waals surface area (Å²) in [5, 5.41) is 0. The van der Waals surface area contributed by atoms with Crippen LogP contribution < -0.4 is 18.9 Å². The van der Waals surface area contributed by atoms with Crippen LogP contribution in [0.3, 0.4) is 0 Å². The number of allylic oxidation sites excluding steroid dienone is 2. The molecular weight excluding hydrogens is 560 g/mol. The average Bonchev–Trinajstić information content (AvgIpc) is 3.08. The van der Waals surface area contributed by atoms with Gasteiger partial charge in [0.25, 0.3) is 0 Å². The quantitative estimate of drug-likeness (QED) is 0.220. The maximum Gasteiger partial charge on any atom is 0.199 e. The SMILES string of the molecule is CC1=COc2c(c3nccnc3c3ncc(-c4cccc(-c5cnc6c(n5)c5c(c7nccnc76)OC(C)=CO5)c4)nc23)O1. The van der Waals surface area contributed by atoms with Crippen molar-refractivity contribution in [3.05, 3.63) is 85.5 Å². The number of nitrogens with zero attached hydrogens (tertiary/aromatic N) is 8. The summed E-state index contributed by atoms with van der Waals surface area (Å²) in [6.07, 6.45) is 12.9. The molecule has 0 fully saturated rings. The minimum Gasteiger partial charge on any atom is -0.455 e. The van der Waals surface area contributed by atoms with Crippen LogP contribution in [0.2, 0.25) is 0 Å². The van der Waals surface area contributed by atoms with Crippen molar-refractivity contribution in [2.24, 2.45) is 0 Å². The predicted molar refractivity (Wildman–Crippen MR) is 160 cm³/mol. The van der Waals surface area contributed by atoms with E-state index in [4.69, 9.17) is 38.9 Å². The molecule has 6 heterocycles. The third-order valence-corrected chi connectivity index (χ3v) is 7.33. The first-order valence-electron chi connectivity index (χ1n) is 13.6. The van der Waals surface area contributed by atoms with E-state index >= 15 is 0 Å². The average molecular weight is 579 g/mol. The summed E-state index contributed by atoms with van der Waals surface area (Å²) in [5.41, 5.74) is 7.34. The van der Waals surface area contributed by atoms with E-state index in [0.29, 0.717) is 90.0 Å². The van der Waals surface area contributed by atoms with Crippen LogP contribution in [0, 0.1) is 0 Å². The van der Waals surface area contributed by atoms with Crippen LogP contribution in [-0.4, -0.2) is 39.9 Å². The van der Waals surface area contributed by atoms with Gasteiger partial charge < -0.3 is 18.9 Å². The zero-order valence-electron chi connectivity index (χ0n) is 23.1. The van der Waals surface area contributed by atoms with Gasteiger partial charge in [-0.1, -0.05) is 18.2 Å². The Labute approximate surface area is 247 Å². The molecule has 0 unspecified atom stereocenters. The first-order valence-corrected chi connectivity index (χ1v) is 13.6. The maximum absolute atomic E-state index is 6.00. The first-order chi connectivity index (χ1) is 21.6. The summed E-state index contributed by atoms with van der Waals surface area (Å²) in [7, 11) is 0. The lowest BCUT2D eigenvalue weighted by molar-refractivity contribution is 0.333. The molecule has 0 bridgehead atoms. The molecule has 0 spiro atoms. The number of fused-ring (bicyclic) bond motifs is 12. The molecule has 3 aromatic carbocycles. The van der Waals surface area contributed by atoms with E-state index in [2.05, 4.69) is 19.9 Å². The highest BCUT2D eigenvalue weighted by Gasteiger charge is 2.26. The van der Waals surface area contributed by atoms with Crippen molar-refractivity contribution < 1.29 is 18.9 Å². The largest absolute Gasteiger partial charge is 0.455 e. The molecule has 0 N–H and O–H groups in total. The van der Waals surface area contributed by atoms with Crippen molar-refractivity contribution in [1.82, 2.24) is 39.9 Å². The van der Waals surface area contributed by atoms with Gasteiger partial charge in [0.1, 0.15) is 68.2 Å². The van der Waals surface area contributed by atoms with Crippen LogP contribution in [-0.2, 0) is 0 Å². The highest BCUT2D eigenvalue weighted by Crippen LogP contribution is 2.45. The zero-order valence-corrected chi connectivity index (χ0v) is 23.1. The van der Waals surface area contributed by atoms with Crippen LogP contribution in [0.25, 0.3) is 66.6 Å². The van der Waals surface area contributed by atoms with Crippen molar-refractivity contribution in [2.45, 2.75) is 13.8 Å². The summed E-state index contributed by atoms with van der Waals surface area (Å²) >= 11 is 0. The molecule has 2 aliphatic rings. The van der Waals surface area contributed by atoms with Crippen LogP contribution in [0.1, 0.15) is 13.8 Å². The molecule has 0 saturated heterocycles. The van der Waals surface area contributed by atoms with Gasteiger partial charge in [-0.3, -0.25) is 9.97 Å². The summed E-state index contributed by atoms with van der Waals surface area (Å²) in [6.45, 7) is 3.61. The van der Waals surface area contributed by atoms with Gasteiger partial charge in [-0.15, -0.1) is 0 Å². The molecule has 12 nitrogen and oxygen atoms in total. The molecule has 7 aromatic rings. The highest BCUT2D eigenvalue weighted by molar-refractivity contribution is 6.08. The number of rotatable bonds is 2. The Morgan fingerprint density at radius 1 is 0.477 bits per heavy atom. The number of benzene rings is 3. The summed E-state index contributed by atoms with van der Waals surface area (Å²) in [6, 6.07) is 7.83. The van der Waals surface area contributed by atoms with Crippen LogP contribution >= 0.6 is 0 Å². The molecule has 0 saturated carbocycles. The molecule has 0 atom stereocenters. The van der Waals surface area contributed by atoms with Gasteiger partial charge in [-0.25, -0.2) is 29.9 Å². The lowest BCUT2D eigenvalue weighted by Gasteiger charge is -2.19. The normalized spacial score (nSPS) is 13.8. The van der Waals surface area contributed by atoms with Gasteiger partial charge in [0.2, 0.25) is 0 Å². The molecule has 2 aliphatic heterocycles. The number of ether oxygens (including phenoxy) is 4. The Morgan fingerprint density at radius 2 is 0.909 bits per heavy atom. The summed E-state index contributed by atoms with van der Waals surface area (Å²) in [4.78, 5) is 37.4. The van der Waals surface area contributed by atoms with Crippen LogP contribution in [0.15, 0.2) is 85.5 Å². The van der Waals surface area contributed by atoms with E-state index in [9.17, 15) is 0 Å². The van der Waals surface area contributed by atoms with Gasteiger partial charge in [0.15, 0.2) is 23.0 Å². The fourth-order valence-electron chi connectivity index (χ4n) is 5.40. The second kappa shape index (κ2) is 9.10. The standard InChI is InChI=1S/C32H18N8O4/c1-15-13-41-29-27-23(21-25(31(29)43-15)35-8-6-33-21)37-11-19(39-27)17-4-3-5-18(10-17)20-12-38-24-22-26(36-9-7-34-22)32-30(28(24)40-20)42-14-16(2)44-32/h3-14H,1-2H3. The van der Waals surface area contributed by atoms with Crippen molar-refractivity contribution in [3.63, 3.8) is 0 Å². The van der Waals surface area contributed by atoms with E-state index < -0.39 is 0 Å². The lowest BCUT2D eigenvalue weighted by atomic mass is 10.1. The van der Waals surface area contributed by atoms with E-state index in [1.54, 1.807) is 51.0 Å². The van der Waals surface area contributed by atoms with E-state index in [1.807, 2.05) is 24.3 Å². The molecule has 0 amide bonds. The molecular formula is C32H18N8O4. The minimum absolute atomic E-state index is 0.441. The van der Waals surface area contributed by atoms with Crippen molar-refractivity contribution in [2.75, 3.05) is 0 Å². The topological polar surface area (TPSA) is 140 Å². The van der Waals surface area contributed by atoms with Crippen LogP contribution in [0.5, 0.6) is 23.0 Å². The Kier molecular flexibility index (Phi) is 5.03. The molecule has 12 heteroatoms.